The van der Waals surface area contributed by atoms with Crippen LogP contribution in [-0.4, -0.2) is 6.54 Å². The smallest absolute Gasteiger partial charge is 0.169 e. The first-order chi connectivity index (χ1) is 9.51. The average Bonchev–Trinajstić information content (AvgIpc) is 2.79. The first-order valence-electron chi connectivity index (χ1n) is 7.06. The van der Waals surface area contributed by atoms with E-state index in [2.05, 4.69) is 61.1 Å². The Balaban J connectivity index is 2.29. The number of furan rings is 1. The normalized spacial score (nSPS) is 12.7. The molecule has 1 atom stereocenters. The number of rotatable bonds is 5. The molecular weight excluding hydrogens is 314 g/mol. The molecule has 0 amide bonds. The van der Waals surface area contributed by atoms with Crippen molar-refractivity contribution in [3.63, 3.8) is 0 Å². The predicted octanol–water partition coefficient (Wildman–Crippen LogP) is 4.86. The number of hydrogen-bond acceptors (Lipinski definition) is 2. The molecule has 2 nitrogen and oxygen atoms in total. The maximum Gasteiger partial charge on any atom is 0.169 e. The highest BCUT2D eigenvalue weighted by Gasteiger charge is 2.17. The summed E-state index contributed by atoms with van der Waals surface area (Å²) in [6.07, 6.45) is 0.950. The van der Waals surface area contributed by atoms with Gasteiger partial charge in [-0.3, -0.25) is 0 Å². The van der Waals surface area contributed by atoms with Gasteiger partial charge in [0.25, 0.3) is 0 Å². The van der Waals surface area contributed by atoms with E-state index in [1.54, 1.807) is 0 Å². The Bertz CT molecular complexity index is 565. The summed E-state index contributed by atoms with van der Waals surface area (Å²) in [5, 5.41) is 3.52. The zero-order valence-electron chi connectivity index (χ0n) is 12.6. The summed E-state index contributed by atoms with van der Waals surface area (Å²) in [5.74, 6) is 0.984. The van der Waals surface area contributed by atoms with Gasteiger partial charge in [-0.05, 0) is 78.5 Å². The molecule has 0 saturated carbocycles. The van der Waals surface area contributed by atoms with Crippen LogP contribution in [-0.2, 0) is 6.42 Å². The molecule has 1 aromatic heterocycles. The Labute approximate surface area is 129 Å². The fourth-order valence-corrected chi connectivity index (χ4v) is 3.09. The molecule has 0 saturated heterocycles. The average molecular weight is 336 g/mol. The molecule has 3 heteroatoms. The molecule has 1 aromatic carbocycles. The van der Waals surface area contributed by atoms with Crippen LogP contribution in [0.3, 0.4) is 0 Å². The summed E-state index contributed by atoms with van der Waals surface area (Å²) in [6, 6.07) is 8.71. The second-order valence-corrected chi connectivity index (χ2v) is 6.12. The molecule has 20 heavy (non-hydrogen) atoms. The van der Waals surface area contributed by atoms with E-state index in [1.807, 2.05) is 12.1 Å². The van der Waals surface area contributed by atoms with Gasteiger partial charge < -0.3 is 9.73 Å². The van der Waals surface area contributed by atoms with Crippen molar-refractivity contribution in [2.75, 3.05) is 6.54 Å². The van der Waals surface area contributed by atoms with Crippen molar-refractivity contribution in [2.45, 2.75) is 40.2 Å². The molecule has 0 spiro atoms. The van der Waals surface area contributed by atoms with Gasteiger partial charge in [0.15, 0.2) is 4.67 Å². The van der Waals surface area contributed by atoms with Crippen molar-refractivity contribution in [1.29, 1.82) is 0 Å². The van der Waals surface area contributed by atoms with Crippen LogP contribution >= 0.6 is 15.9 Å². The van der Waals surface area contributed by atoms with E-state index in [1.165, 1.54) is 22.3 Å². The summed E-state index contributed by atoms with van der Waals surface area (Å²) in [5.41, 5.74) is 5.45. The fourth-order valence-electron chi connectivity index (χ4n) is 2.77. The Morgan fingerprint density at radius 1 is 1.15 bits per heavy atom. The van der Waals surface area contributed by atoms with Gasteiger partial charge in [0, 0.05) is 0 Å². The zero-order valence-corrected chi connectivity index (χ0v) is 14.2. The van der Waals surface area contributed by atoms with Gasteiger partial charge in [-0.15, -0.1) is 0 Å². The van der Waals surface area contributed by atoms with Gasteiger partial charge in [0.1, 0.15) is 5.76 Å². The highest BCUT2D eigenvalue weighted by Crippen LogP contribution is 2.26. The third-order valence-electron chi connectivity index (χ3n) is 3.64. The van der Waals surface area contributed by atoms with Crippen molar-refractivity contribution >= 4 is 15.9 Å². The van der Waals surface area contributed by atoms with Gasteiger partial charge in [-0.25, -0.2) is 0 Å². The van der Waals surface area contributed by atoms with Crippen LogP contribution in [0.25, 0.3) is 0 Å². The highest BCUT2D eigenvalue weighted by atomic mass is 79.9. The fraction of sp³-hybridized carbons (Fsp3) is 0.412. The van der Waals surface area contributed by atoms with Crippen LogP contribution in [0.15, 0.2) is 33.4 Å². The summed E-state index contributed by atoms with van der Waals surface area (Å²) >= 11 is 3.38. The highest BCUT2D eigenvalue weighted by molar-refractivity contribution is 9.10. The molecule has 0 bridgehead atoms. The molecule has 1 unspecified atom stereocenters. The van der Waals surface area contributed by atoms with Gasteiger partial charge in [0.05, 0.1) is 6.04 Å². The van der Waals surface area contributed by atoms with Crippen LogP contribution in [0.2, 0.25) is 0 Å². The number of hydrogen-bond donors (Lipinski definition) is 1. The molecule has 0 aliphatic rings. The molecule has 0 aliphatic heterocycles. The van der Waals surface area contributed by atoms with E-state index >= 15 is 0 Å². The molecule has 2 rings (SSSR count). The lowest BCUT2D eigenvalue weighted by atomic mass is 9.93. The summed E-state index contributed by atoms with van der Waals surface area (Å²) in [6.45, 7) is 9.58. The SMILES string of the molecule is CCNC(Cc1c(C)cc(C)cc1C)c1ccc(Br)o1. The predicted molar refractivity (Wildman–Crippen MR) is 87.2 cm³/mol. The first-order valence-corrected chi connectivity index (χ1v) is 7.86. The Morgan fingerprint density at radius 2 is 1.80 bits per heavy atom. The van der Waals surface area contributed by atoms with Crippen LogP contribution < -0.4 is 5.32 Å². The third kappa shape index (κ3) is 3.53. The summed E-state index contributed by atoms with van der Waals surface area (Å²) in [4.78, 5) is 0. The first kappa shape index (κ1) is 15.3. The lowest BCUT2D eigenvalue weighted by molar-refractivity contribution is 0.404. The molecule has 1 N–H and O–H groups in total. The minimum absolute atomic E-state index is 0.214. The minimum atomic E-state index is 0.214. The molecule has 0 radical (unpaired) electrons. The second-order valence-electron chi connectivity index (χ2n) is 5.33. The van der Waals surface area contributed by atoms with Crippen LogP contribution in [0.1, 0.15) is 41.0 Å². The quantitative estimate of drug-likeness (QED) is 0.843. The lowest BCUT2D eigenvalue weighted by Gasteiger charge is -2.19. The number of likely N-dealkylation sites (N-methyl/N-ethyl adjacent to an activating group) is 1. The van der Waals surface area contributed by atoms with Crippen molar-refractivity contribution in [1.82, 2.24) is 5.32 Å². The summed E-state index contributed by atoms with van der Waals surface area (Å²) < 4.78 is 6.51. The lowest BCUT2D eigenvalue weighted by Crippen LogP contribution is -2.23. The van der Waals surface area contributed by atoms with Gasteiger partial charge in [-0.2, -0.15) is 0 Å². The zero-order chi connectivity index (χ0) is 14.7. The molecule has 2 aromatic rings. The number of nitrogens with one attached hydrogen (secondary N) is 1. The van der Waals surface area contributed by atoms with E-state index in [9.17, 15) is 0 Å². The van der Waals surface area contributed by atoms with Crippen molar-refractivity contribution < 1.29 is 4.42 Å². The van der Waals surface area contributed by atoms with E-state index < -0.39 is 0 Å². The van der Waals surface area contributed by atoms with Crippen molar-refractivity contribution in [2.24, 2.45) is 0 Å². The number of halogens is 1. The summed E-state index contributed by atoms with van der Waals surface area (Å²) in [7, 11) is 0. The van der Waals surface area contributed by atoms with Crippen LogP contribution in [0, 0.1) is 20.8 Å². The number of benzene rings is 1. The minimum Gasteiger partial charge on any atom is -0.453 e. The van der Waals surface area contributed by atoms with Crippen LogP contribution in [0.4, 0.5) is 0 Å². The number of aryl methyl sites for hydroxylation is 3. The molecule has 0 aliphatic carbocycles. The molecule has 1 heterocycles. The van der Waals surface area contributed by atoms with E-state index in [0.717, 1.165) is 23.4 Å². The van der Waals surface area contributed by atoms with E-state index in [0.29, 0.717) is 0 Å². The van der Waals surface area contributed by atoms with Gasteiger partial charge in [0.2, 0.25) is 0 Å². The maximum absolute atomic E-state index is 5.73. The van der Waals surface area contributed by atoms with Crippen molar-refractivity contribution in [3.05, 3.63) is 56.9 Å². The second kappa shape index (κ2) is 6.59. The van der Waals surface area contributed by atoms with E-state index in [4.69, 9.17) is 4.42 Å². The van der Waals surface area contributed by atoms with E-state index in [-0.39, 0.29) is 6.04 Å². The van der Waals surface area contributed by atoms with Crippen molar-refractivity contribution in [3.8, 4) is 0 Å². The standard InChI is InChI=1S/C17H22BrNO/c1-5-19-15(16-6-7-17(18)20-16)10-14-12(3)8-11(2)9-13(14)4/h6-9,15,19H,5,10H2,1-4H3. The maximum atomic E-state index is 5.73. The molecular formula is C17H22BrNO. The Morgan fingerprint density at radius 3 is 2.30 bits per heavy atom. The largest absolute Gasteiger partial charge is 0.453 e. The molecule has 108 valence electrons. The monoisotopic (exact) mass is 335 g/mol. The topological polar surface area (TPSA) is 25.2 Å². The molecule has 0 fully saturated rings. The third-order valence-corrected chi connectivity index (χ3v) is 4.06. The van der Waals surface area contributed by atoms with Gasteiger partial charge in [-0.1, -0.05) is 24.6 Å². The van der Waals surface area contributed by atoms with Gasteiger partial charge >= 0.3 is 0 Å². The Hall–Kier alpha value is -1.06. The van der Waals surface area contributed by atoms with Crippen LogP contribution in [0.5, 0.6) is 0 Å². The Kier molecular flexibility index (Phi) is 5.06.